The Kier molecular flexibility index (Phi) is 2.09. The summed E-state index contributed by atoms with van der Waals surface area (Å²) in [6.07, 6.45) is -0.880. The monoisotopic (exact) mass is 369 g/mol. The van der Waals surface area contributed by atoms with Gasteiger partial charge in [-0.25, -0.2) is 0 Å². The van der Waals surface area contributed by atoms with Crippen molar-refractivity contribution in [3.63, 3.8) is 0 Å². The lowest BCUT2D eigenvalue weighted by Crippen LogP contribution is -2.08. The van der Waals surface area contributed by atoms with E-state index >= 15 is 0 Å². The Labute approximate surface area is 162 Å². The number of phenols is 1. The quantitative estimate of drug-likeness (QED) is 0.671. The first-order valence-electron chi connectivity index (χ1n) is 12.4. The maximum atomic E-state index is 11.2. The Morgan fingerprint density at radius 2 is 1.64 bits per heavy atom. The van der Waals surface area contributed by atoms with Gasteiger partial charge in [0.2, 0.25) is 0 Å². The van der Waals surface area contributed by atoms with E-state index in [1.165, 1.54) is 0 Å². The number of rotatable bonds is 5. The van der Waals surface area contributed by atoms with Crippen LogP contribution in [0.4, 0.5) is 0 Å². The highest BCUT2D eigenvalue weighted by Gasteiger charge is 2.18. The van der Waals surface area contributed by atoms with Gasteiger partial charge in [0.1, 0.15) is 11.5 Å². The number of hydrogen-bond donors (Lipinski definition) is 2. The summed E-state index contributed by atoms with van der Waals surface area (Å²) in [5.41, 5.74) is -2.73. The first kappa shape index (κ1) is 7.55. The standard InChI is InChI=1S/C18H15NO5S/c20-15-8-4-13(5-9-15)18(17-3-1-2-12-19-17)14-6-10-16(11-7-14)24-25(21,22)23/h1-12,18,20H,(H,21,22,23)/i1D,2D,4D,5D,6D,7D,8D,9D,10D,11D,12D,18D. The largest absolute Gasteiger partial charge is 0.508 e. The fraction of sp³-hybridized carbons (Fsp3) is 0.0556. The Morgan fingerprint density at radius 3 is 2.20 bits per heavy atom. The molecule has 128 valence electrons. The van der Waals surface area contributed by atoms with Gasteiger partial charge in [-0.2, -0.15) is 8.42 Å². The number of hydrogen-bond acceptors (Lipinski definition) is 5. The minimum atomic E-state index is -5.33. The van der Waals surface area contributed by atoms with E-state index in [9.17, 15) is 14.9 Å². The number of pyridine rings is 1. The molecule has 2 N–H and O–H groups in total. The third-order valence-electron chi connectivity index (χ3n) is 2.67. The van der Waals surface area contributed by atoms with Crippen molar-refractivity contribution in [1.82, 2.24) is 4.98 Å². The fourth-order valence-electron chi connectivity index (χ4n) is 1.77. The summed E-state index contributed by atoms with van der Waals surface area (Å²) >= 11 is 0. The van der Waals surface area contributed by atoms with E-state index in [2.05, 4.69) is 9.17 Å². The summed E-state index contributed by atoms with van der Waals surface area (Å²) < 4.78 is 134. The molecule has 0 radical (unpaired) electrons. The molecule has 1 heterocycles. The summed E-state index contributed by atoms with van der Waals surface area (Å²) in [5.74, 6) is -5.41. The van der Waals surface area contributed by atoms with E-state index in [0.29, 0.717) is 0 Å². The number of aromatic hydroxyl groups is 1. The maximum absolute atomic E-state index is 11.2. The van der Waals surface area contributed by atoms with E-state index in [-0.39, 0.29) is 0 Å². The lowest BCUT2D eigenvalue weighted by Gasteiger charge is -2.18. The summed E-state index contributed by atoms with van der Waals surface area (Å²) in [6.45, 7) is 0. The Morgan fingerprint density at radius 1 is 1.04 bits per heavy atom. The molecule has 3 rings (SSSR count). The van der Waals surface area contributed by atoms with Gasteiger partial charge < -0.3 is 9.29 Å². The molecule has 2 aromatic carbocycles. The van der Waals surface area contributed by atoms with Crippen LogP contribution in [0.1, 0.15) is 39.2 Å². The Bertz CT molecular complexity index is 1500. The number of nitrogens with zero attached hydrogens (tertiary/aromatic N) is 1. The van der Waals surface area contributed by atoms with Crippen LogP contribution in [0.5, 0.6) is 11.5 Å². The Hall–Kier alpha value is -2.90. The molecule has 6 nitrogen and oxygen atoms in total. The van der Waals surface area contributed by atoms with Gasteiger partial charge in [0, 0.05) is 7.54 Å². The predicted octanol–water partition coefficient (Wildman–Crippen LogP) is 3.15. The molecule has 0 spiro atoms. The van der Waals surface area contributed by atoms with Gasteiger partial charge in [-0.05, 0) is 47.4 Å². The zero-order chi connectivity index (χ0) is 28.4. The zero-order valence-corrected chi connectivity index (χ0v) is 12.9. The summed E-state index contributed by atoms with van der Waals surface area (Å²) in [7, 11) is -5.33. The third kappa shape index (κ3) is 4.34. The highest BCUT2D eigenvalue weighted by molar-refractivity contribution is 7.81. The summed E-state index contributed by atoms with van der Waals surface area (Å²) in [5, 5.41) is 9.96. The molecule has 1 atom stereocenters. The van der Waals surface area contributed by atoms with Crippen molar-refractivity contribution in [2.75, 3.05) is 0 Å². The molecule has 0 amide bonds. The lowest BCUT2D eigenvalue weighted by atomic mass is 9.88. The summed E-state index contributed by atoms with van der Waals surface area (Å²) in [4.78, 5) is 3.71. The van der Waals surface area contributed by atoms with Gasteiger partial charge in [-0.15, -0.1) is 0 Å². The van der Waals surface area contributed by atoms with E-state index < -0.39 is 111 Å². The molecule has 0 aliphatic heterocycles. The van der Waals surface area contributed by atoms with E-state index in [1.54, 1.807) is 0 Å². The van der Waals surface area contributed by atoms with Crippen molar-refractivity contribution in [3.8, 4) is 11.5 Å². The molecule has 0 saturated carbocycles. The second-order valence-electron chi connectivity index (χ2n) is 4.34. The van der Waals surface area contributed by atoms with Crippen molar-refractivity contribution in [2.45, 2.75) is 5.89 Å². The SMILES string of the molecule is [2H]c1cc(C([2H])(c2c([2H])c([2H])c(O)c([2H])c2[2H])c2c([2H])c([2H])c(OS(=O)(=O)O)c([2H])c2[2H])nc([2H])c1[2H]. The van der Waals surface area contributed by atoms with E-state index in [1.807, 2.05) is 0 Å². The molecule has 1 aromatic heterocycles. The first-order chi connectivity index (χ1) is 16.9. The van der Waals surface area contributed by atoms with Crippen LogP contribution in [-0.4, -0.2) is 23.1 Å². The van der Waals surface area contributed by atoms with Crippen molar-refractivity contribution >= 4 is 10.4 Å². The van der Waals surface area contributed by atoms with Gasteiger partial charge >= 0.3 is 10.4 Å². The molecular formula is C18H15NO5S. The smallest absolute Gasteiger partial charge is 0.446 e. The minimum Gasteiger partial charge on any atom is -0.508 e. The van der Waals surface area contributed by atoms with Gasteiger partial charge in [-0.3, -0.25) is 9.54 Å². The minimum absolute atomic E-state index is 0.692. The molecule has 3 aromatic rings. The Balaban J connectivity index is 2.64. The van der Waals surface area contributed by atoms with Gasteiger partial charge in [0.05, 0.1) is 26.7 Å². The molecular weight excluding hydrogens is 342 g/mol. The van der Waals surface area contributed by atoms with Gasteiger partial charge in [0.15, 0.2) is 0 Å². The van der Waals surface area contributed by atoms with Crippen molar-refractivity contribution in [3.05, 3.63) is 89.5 Å². The van der Waals surface area contributed by atoms with Crippen LogP contribution < -0.4 is 4.18 Å². The fourth-order valence-corrected chi connectivity index (χ4v) is 2.06. The van der Waals surface area contributed by atoms with E-state index in [4.69, 9.17) is 19.6 Å². The zero-order valence-electron chi connectivity index (χ0n) is 24.1. The molecule has 0 bridgehead atoms. The maximum Gasteiger partial charge on any atom is 0.446 e. The molecule has 0 saturated heterocycles. The normalized spacial score (nSPS) is 20.5. The lowest BCUT2D eigenvalue weighted by molar-refractivity contribution is 0.386. The molecule has 7 heteroatoms. The highest BCUT2D eigenvalue weighted by atomic mass is 32.3. The van der Waals surface area contributed by atoms with Gasteiger partial charge in [-0.1, -0.05) is 30.2 Å². The van der Waals surface area contributed by atoms with Crippen molar-refractivity contribution in [2.24, 2.45) is 0 Å². The highest BCUT2D eigenvalue weighted by Crippen LogP contribution is 2.32. The van der Waals surface area contributed by atoms with Crippen molar-refractivity contribution in [1.29, 1.82) is 0 Å². The average molecular weight is 369 g/mol. The molecule has 1 unspecified atom stereocenters. The average Bonchev–Trinajstić information content (AvgIpc) is 2.80. The van der Waals surface area contributed by atoms with Crippen LogP contribution in [0, 0.1) is 0 Å². The number of benzene rings is 2. The predicted molar refractivity (Wildman–Crippen MR) is 91.9 cm³/mol. The van der Waals surface area contributed by atoms with Gasteiger partial charge in [0.25, 0.3) is 0 Å². The summed E-state index contributed by atoms with van der Waals surface area (Å²) in [6, 6.07) is -9.69. The molecule has 0 aliphatic carbocycles. The third-order valence-corrected chi connectivity index (χ3v) is 3.05. The molecule has 0 fully saturated rings. The number of phenolic OH excluding ortho intramolecular Hbond substituents is 1. The molecule has 0 aliphatic rings. The van der Waals surface area contributed by atoms with E-state index in [0.717, 1.165) is 6.07 Å². The number of aromatic nitrogens is 1. The van der Waals surface area contributed by atoms with Crippen LogP contribution in [-0.2, 0) is 10.4 Å². The van der Waals surface area contributed by atoms with Crippen LogP contribution in [0.2, 0.25) is 0 Å². The topological polar surface area (TPSA) is 96.7 Å². The van der Waals surface area contributed by atoms with Crippen LogP contribution in [0.15, 0.2) is 72.7 Å². The molecule has 25 heavy (non-hydrogen) atoms. The first-order valence-corrected chi connectivity index (χ1v) is 7.75. The van der Waals surface area contributed by atoms with Crippen molar-refractivity contribution < 1.29 is 38.7 Å². The van der Waals surface area contributed by atoms with Crippen LogP contribution in [0.25, 0.3) is 0 Å². The van der Waals surface area contributed by atoms with Crippen LogP contribution in [0.3, 0.4) is 0 Å². The second kappa shape index (κ2) is 6.92. The second-order valence-corrected chi connectivity index (χ2v) is 5.36. The van der Waals surface area contributed by atoms with Crippen LogP contribution >= 0.6 is 0 Å².